The number of aromatic nitrogens is 5. The van der Waals surface area contributed by atoms with Crippen molar-refractivity contribution in [1.82, 2.24) is 24.3 Å². The summed E-state index contributed by atoms with van der Waals surface area (Å²) < 4.78 is 27.7. The van der Waals surface area contributed by atoms with Crippen LogP contribution in [0.3, 0.4) is 0 Å². The second kappa shape index (κ2) is 5.86. The fraction of sp³-hybridized carbons (Fsp3) is 0.316. The number of nitrogens with zero attached hydrogens (tertiary/aromatic N) is 4. The average molecular weight is 353 g/mol. The van der Waals surface area contributed by atoms with Crippen molar-refractivity contribution in [2.45, 2.75) is 32.1 Å². The lowest BCUT2D eigenvalue weighted by Gasteiger charge is -2.24. The fourth-order valence-electron chi connectivity index (χ4n) is 3.56. The van der Waals surface area contributed by atoms with Crippen LogP contribution in [0.2, 0.25) is 0 Å². The van der Waals surface area contributed by atoms with Gasteiger partial charge in [-0.1, -0.05) is 19.3 Å². The fourth-order valence-corrected chi connectivity index (χ4v) is 3.56. The molecule has 1 saturated carbocycles. The molecule has 0 radical (unpaired) electrons. The Morgan fingerprint density at radius 2 is 2.08 bits per heavy atom. The van der Waals surface area contributed by atoms with Crippen LogP contribution in [0.4, 0.5) is 8.78 Å². The molecule has 0 bridgehead atoms. The Morgan fingerprint density at radius 1 is 1.19 bits per heavy atom. The summed E-state index contributed by atoms with van der Waals surface area (Å²) >= 11 is 0. The summed E-state index contributed by atoms with van der Waals surface area (Å²) in [6.07, 6.45) is 8.76. The van der Waals surface area contributed by atoms with E-state index in [1.807, 2.05) is 18.5 Å². The lowest BCUT2D eigenvalue weighted by atomic mass is 9.83. The third kappa shape index (κ3) is 2.46. The zero-order chi connectivity index (χ0) is 17.7. The molecule has 0 saturated heterocycles. The first-order valence-corrected chi connectivity index (χ1v) is 8.77. The zero-order valence-electron chi connectivity index (χ0n) is 14.0. The van der Waals surface area contributed by atoms with Crippen LogP contribution < -0.4 is 0 Å². The normalized spacial score (nSPS) is 15.2. The van der Waals surface area contributed by atoms with Gasteiger partial charge < -0.3 is 4.98 Å². The molecule has 4 heterocycles. The van der Waals surface area contributed by atoms with Crippen LogP contribution in [0.25, 0.3) is 27.8 Å². The predicted octanol–water partition coefficient (Wildman–Crippen LogP) is 4.55. The number of aromatic amines is 1. The molecular formula is C19H17F2N5. The van der Waals surface area contributed by atoms with Crippen LogP contribution in [0, 0.1) is 5.92 Å². The molecular weight excluding hydrogens is 336 g/mol. The lowest BCUT2D eigenvalue weighted by Crippen LogP contribution is -2.15. The molecule has 0 atom stereocenters. The third-order valence-corrected chi connectivity index (χ3v) is 5.25. The minimum atomic E-state index is -2.57. The van der Waals surface area contributed by atoms with Crippen molar-refractivity contribution in [2.75, 3.05) is 0 Å². The maximum Gasteiger partial charge on any atom is 0.280 e. The van der Waals surface area contributed by atoms with E-state index in [0.29, 0.717) is 11.6 Å². The number of hydrogen-bond acceptors (Lipinski definition) is 3. The summed E-state index contributed by atoms with van der Waals surface area (Å²) in [6, 6.07) is 3.62. The Hall–Kier alpha value is -2.83. The summed E-state index contributed by atoms with van der Waals surface area (Å²) in [5, 5.41) is 0.889. The topological polar surface area (TPSA) is 58.9 Å². The SMILES string of the molecule is FC(F)c1cnc2ccc(-c3c[nH]c4nc(CC5CCC5)ncc34)cn12. The quantitative estimate of drug-likeness (QED) is 0.585. The van der Waals surface area contributed by atoms with Gasteiger partial charge in [-0.3, -0.25) is 4.40 Å². The van der Waals surface area contributed by atoms with E-state index in [0.717, 1.165) is 34.4 Å². The number of alkyl halides is 2. The van der Waals surface area contributed by atoms with Crippen molar-refractivity contribution in [3.8, 4) is 11.1 Å². The maximum absolute atomic E-state index is 13.2. The van der Waals surface area contributed by atoms with Crippen molar-refractivity contribution >= 4 is 16.7 Å². The highest BCUT2D eigenvalue weighted by molar-refractivity contribution is 5.93. The summed E-state index contributed by atoms with van der Waals surface area (Å²) in [4.78, 5) is 16.4. The molecule has 7 heteroatoms. The maximum atomic E-state index is 13.2. The Labute approximate surface area is 148 Å². The van der Waals surface area contributed by atoms with Crippen LogP contribution in [-0.2, 0) is 6.42 Å². The molecule has 1 N–H and O–H groups in total. The molecule has 5 nitrogen and oxygen atoms in total. The van der Waals surface area contributed by atoms with E-state index in [2.05, 4.69) is 19.9 Å². The third-order valence-electron chi connectivity index (χ3n) is 5.25. The van der Waals surface area contributed by atoms with Crippen molar-refractivity contribution in [3.63, 3.8) is 0 Å². The smallest absolute Gasteiger partial charge is 0.280 e. The van der Waals surface area contributed by atoms with E-state index >= 15 is 0 Å². The molecule has 4 aromatic heterocycles. The highest BCUT2D eigenvalue weighted by atomic mass is 19.3. The Bertz CT molecular complexity index is 1090. The van der Waals surface area contributed by atoms with Crippen molar-refractivity contribution in [3.05, 3.63) is 48.4 Å². The Balaban J connectivity index is 1.55. The Kier molecular flexibility index (Phi) is 3.48. The zero-order valence-corrected chi connectivity index (χ0v) is 14.0. The first-order chi connectivity index (χ1) is 12.7. The number of fused-ring (bicyclic) bond motifs is 2. The van der Waals surface area contributed by atoms with Crippen LogP contribution in [0.15, 0.2) is 36.9 Å². The molecule has 4 aromatic rings. The van der Waals surface area contributed by atoms with E-state index < -0.39 is 6.43 Å². The largest absolute Gasteiger partial charge is 0.345 e. The van der Waals surface area contributed by atoms with Gasteiger partial charge in [0.2, 0.25) is 0 Å². The molecule has 26 heavy (non-hydrogen) atoms. The van der Waals surface area contributed by atoms with E-state index in [1.165, 1.54) is 29.9 Å². The highest BCUT2D eigenvalue weighted by Gasteiger charge is 2.20. The van der Waals surface area contributed by atoms with Crippen LogP contribution in [-0.4, -0.2) is 24.3 Å². The van der Waals surface area contributed by atoms with E-state index in [1.54, 1.807) is 12.3 Å². The summed E-state index contributed by atoms with van der Waals surface area (Å²) in [6.45, 7) is 0. The predicted molar refractivity (Wildman–Crippen MR) is 94.1 cm³/mol. The lowest BCUT2D eigenvalue weighted by molar-refractivity contribution is 0.145. The summed E-state index contributed by atoms with van der Waals surface area (Å²) in [5.41, 5.74) is 2.89. The van der Waals surface area contributed by atoms with Crippen LogP contribution in [0.5, 0.6) is 0 Å². The molecule has 1 aliphatic rings. The second-order valence-corrected chi connectivity index (χ2v) is 6.88. The number of hydrogen-bond donors (Lipinski definition) is 1. The number of rotatable bonds is 4. The Morgan fingerprint density at radius 3 is 2.85 bits per heavy atom. The van der Waals surface area contributed by atoms with Gasteiger partial charge in [0, 0.05) is 41.5 Å². The van der Waals surface area contributed by atoms with Gasteiger partial charge in [-0.15, -0.1) is 0 Å². The van der Waals surface area contributed by atoms with E-state index in [4.69, 9.17) is 0 Å². The average Bonchev–Trinajstić information content (AvgIpc) is 3.21. The number of halogens is 2. The molecule has 1 aliphatic carbocycles. The molecule has 0 amide bonds. The molecule has 1 fully saturated rings. The van der Waals surface area contributed by atoms with Gasteiger partial charge in [0.05, 0.1) is 6.20 Å². The van der Waals surface area contributed by atoms with Gasteiger partial charge in [-0.2, -0.15) is 0 Å². The standard InChI is InChI=1S/C19H17F2N5/c20-18(21)15-9-23-17-5-4-12(10-26(15)17)13-7-24-19-14(13)8-22-16(25-19)6-11-2-1-3-11/h4-5,7-11,18H,1-3,6H2,(H,22,24,25). The first-order valence-electron chi connectivity index (χ1n) is 8.77. The minimum Gasteiger partial charge on any atom is -0.345 e. The molecule has 0 unspecified atom stereocenters. The van der Waals surface area contributed by atoms with Crippen molar-refractivity contribution in [2.24, 2.45) is 5.92 Å². The number of pyridine rings is 1. The van der Waals surface area contributed by atoms with E-state index in [9.17, 15) is 8.78 Å². The van der Waals surface area contributed by atoms with Crippen LogP contribution in [0.1, 0.15) is 37.2 Å². The van der Waals surface area contributed by atoms with Gasteiger partial charge in [-0.05, 0) is 18.1 Å². The van der Waals surface area contributed by atoms with Gasteiger partial charge >= 0.3 is 0 Å². The van der Waals surface area contributed by atoms with Gasteiger partial charge in [-0.25, -0.2) is 23.7 Å². The number of H-pyrrole nitrogens is 1. The molecule has 0 spiro atoms. The van der Waals surface area contributed by atoms with Gasteiger partial charge in [0.25, 0.3) is 6.43 Å². The summed E-state index contributed by atoms with van der Waals surface area (Å²) in [5.74, 6) is 1.57. The molecule has 0 aliphatic heterocycles. The minimum absolute atomic E-state index is 0.110. The van der Waals surface area contributed by atoms with Crippen molar-refractivity contribution in [1.29, 1.82) is 0 Å². The van der Waals surface area contributed by atoms with Crippen molar-refractivity contribution < 1.29 is 8.78 Å². The molecule has 5 rings (SSSR count). The second-order valence-electron chi connectivity index (χ2n) is 6.88. The van der Waals surface area contributed by atoms with E-state index in [-0.39, 0.29) is 5.69 Å². The number of nitrogens with one attached hydrogen (secondary N) is 1. The van der Waals surface area contributed by atoms with Gasteiger partial charge in [0.1, 0.15) is 22.8 Å². The summed E-state index contributed by atoms with van der Waals surface area (Å²) in [7, 11) is 0. The highest BCUT2D eigenvalue weighted by Crippen LogP contribution is 2.31. The number of imidazole rings is 1. The molecule has 0 aromatic carbocycles. The van der Waals surface area contributed by atoms with Crippen LogP contribution >= 0.6 is 0 Å². The first kappa shape index (κ1) is 15.4. The van der Waals surface area contributed by atoms with Gasteiger partial charge in [0.15, 0.2) is 0 Å². The molecule has 132 valence electrons. The monoisotopic (exact) mass is 353 g/mol.